The second-order valence-corrected chi connectivity index (χ2v) is 6.19. The number of carboxylic acids is 1. The highest BCUT2D eigenvalue weighted by Gasteiger charge is 2.39. The normalized spacial score (nSPS) is 20.8. The molecule has 0 bridgehead atoms. The number of halogens is 1. The summed E-state index contributed by atoms with van der Waals surface area (Å²) in [6.45, 7) is 2.36. The molecule has 122 valence electrons. The largest absolute Gasteiger partial charge is 0.481 e. The molecule has 1 aliphatic rings. The molecule has 1 aromatic carbocycles. The maximum Gasteiger partial charge on any atom is 0.305 e. The van der Waals surface area contributed by atoms with Crippen molar-refractivity contribution in [3.63, 3.8) is 0 Å². The molecule has 7 heteroatoms. The maximum atomic E-state index is 12.6. The minimum atomic E-state index is -0.986. The van der Waals surface area contributed by atoms with E-state index in [-0.39, 0.29) is 18.8 Å². The molecule has 0 spiro atoms. The summed E-state index contributed by atoms with van der Waals surface area (Å²) in [5.41, 5.74) is 0.217. The summed E-state index contributed by atoms with van der Waals surface area (Å²) in [6, 6.07) is 5.29. The molecule has 1 saturated heterocycles. The fraction of sp³-hybridized carbons (Fsp3) is 0.375. The first-order chi connectivity index (χ1) is 10.9. The summed E-state index contributed by atoms with van der Waals surface area (Å²) >= 11 is 6.09. The van der Waals surface area contributed by atoms with E-state index < -0.39 is 17.4 Å². The zero-order valence-electron chi connectivity index (χ0n) is 12.5. The van der Waals surface area contributed by atoms with Crippen LogP contribution in [-0.2, 0) is 9.53 Å². The predicted molar refractivity (Wildman–Crippen MR) is 83.8 cm³/mol. The van der Waals surface area contributed by atoms with E-state index in [4.69, 9.17) is 25.9 Å². The number of carboxylic acid groups (broad SMARTS) is 1. The van der Waals surface area contributed by atoms with Crippen LogP contribution in [0.25, 0.3) is 11.0 Å². The van der Waals surface area contributed by atoms with Crippen molar-refractivity contribution in [2.24, 2.45) is 0 Å². The van der Waals surface area contributed by atoms with Crippen LogP contribution in [0.2, 0.25) is 5.02 Å². The number of para-hydroxylation sites is 1. The highest BCUT2D eigenvalue weighted by Crippen LogP contribution is 2.31. The molecule has 2 aromatic rings. The third kappa shape index (κ3) is 2.92. The Labute approximate surface area is 137 Å². The number of hydrogen-bond acceptors (Lipinski definition) is 4. The molecule has 23 heavy (non-hydrogen) atoms. The van der Waals surface area contributed by atoms with E-state index >= 15 is 0 Å². The van der Waals surface area contributed by atoms with E-state index in [1.807, 2.05) is 6.07 Å². The van der Waals surface area contributed by atoms with Gasteiger partial charge in [0, 0.05) is 17.6 Å². The summed E-state index contributed by atoms with van der Waals surface area (Å²) < 4.78 is 10.9. The molecule has 0 aliphatic carbocycles. The van der Waals surface area contributed by atoms with Crippen molar-refractivity contribution in [3.05, 3.63) is 34.5 Å². The van der Waals surface area contributed by atoms with E-state index in [1.165, 1.54) is 0 Å². The molecular weight excluding hydrogens is 322 g/mol. The van der Waals surface area contributed by atoms with Gasteiger partial charge in [-0.05, 0) is 19.4 Å². The number of aryl methyl sites for hydroxylation is 1. The van der Waals surface area contributed by atoms with Crippen LogP contribution in [0.5, 0.6) is 0 Å². The monoisotopic (exact) mass is 337 g/mol. The van der Waals surface area contributed by atoms with Crippen molar-refractivity contribution in [3.8, 4) is 0 Å². The van der Waals surface area contributed by atoms with Gasteiger partial charge in [0.15, 0.2) is 11.3 Å². The van der Waals surface area contributed by atoms with Crippen LogP contribution in [0.15, 0.2) is 22.6 Å². The van der Waals surface area contributed by atoms with Crippen LogP contribution < -0.4 is 5.32 Å². The molecule has 1 atom stereocenters. The van der Waals surface area contributed by atoms with Gasteiger partial charge in [-0.2, -0.15) is 0 Å². The van der Waals surface area contributed by atoms with Crippen molar-refractivity contribution >= 4 is 34.4 Å². The lowest BCUT2D eigenvalue weighted by Gasteiger charge is -2.26. The molecule has 2 heterocycles. The predicted octanol–water partition coefficient (Wildman–Crippen LogP) is 2.76. The Morgan fingerprint density at radius 1 is 1.43 bits per heavy atom. The number of hydrogen-bond donors (Lipinski definition) is 2. The van der Waals surface area contributed by atoms with Crippen molar-refractivity contribution in [1.82, 2.24) is 5.32 Å². The topological polar surface area (TPSA) is 88.8 Å². The van der Waals surface area contributed by atoms with Crippen LogP contribution in [0, 0.1) is 6.92 Å². The Hall–Kier alpha value is -2.05. The minimum absolute atomic E-state index is 0.143. The Morgan fingerprint density at radius 2 is 2.22 bits per heavy atom. The van der Waals surface area contributed by atoms with Crippen molar-refractivity contribution < 1.29 is 23.8 Å². The molecule has 1 aromatic heterocycles. The molecule has 2 N–H and O–H groups in total. The summed E-state index contributed by atoms with van der Waals surface area (Å²) in [7, 11) is 0. The molecular formula is C16H16ClNO5. The van der Waals surface area contributed by atoms with E-state index in [1.54, 1.807) is 19.1 Å². The summed E-state index contributed by atoms with van der Waals surface area (Å²) in [5.74, 6) is -1.30. The lowest BCUT2D eigenvalue weighted by molar-refractivity contribution is -0.138. The van der Waals surface area contributed by atoms with Crippen molar-refractivity contribution in [2.45, 2.75) is 25.3 Å². The molecule has 3 rings (SSSR count). The van der Waals surface area contributed by atoms with Crippen LogP contribution in [0.3, 0.4) is 0 Å². The number of aliphatic carboxylic acids is 1. The van der Waals surface area contributed by atoms with Crippen molar-refractivity contribution in [1.29, 1.82) is 0 Å². The SMILES string of the molecule is Cc1c(C(=O)NC2(CC(=O)O)CCOC2)oc2c(Cl)cccc12. The number of benzene rings is 1. The molecule has 1 fully saturated rings. The average molecular weight is 338 g/mol. The lowest BCUT2D eigenvalue weighted by Crippen LogP contribution is -2.50. The Bertz CT molecular complexity index is 776. The van der Waals surface area contributed by atoms with Gasteiger partial charge in [-0.25, -0.2) is 0 Å². The highest BCUT2D eigenvalue weighted by atomic mass is 35.5. The summed E-state index contributed by atoms with van der Waals surface area (Å²) in [6.07, 6.45) is 0.254. The number of carbonyl (C=O) groups is 2. The van der Waals surface area contributed by atoms with Crippen LogP contribution in [0.1, 0.15) is 29.0 Å². The number of rotatable bonds is 4. The second-order valence-electron chi connectivity index (χ2n) is 5.78. The molecule has 0 radical (unpaired) electrons. The third-order valence-corrected chi connectivity index (χ3v) is 4.39. The first-order valence-electron chi connectivity index (χ1n) is 7.21. The Balaban J connectivity index is 1.92. The maximum absolute atomic E-state index is 12.6. The molecule has 0 saturated carbocycles. The second kappa shape index (κ2) is 5.86. The van der Waals surface area contributed by atoms with Gasteiger partial charge >= 0.3 is 5.97 Å². The van der Waals surface area contributed by atoms with E-state index in [0.717, 1.165) is 5.39 Å². The lowest BCUT2D eigenvalue weighted by atomic mass is 9.94. The zero-order valence-corrected chi connectivity index (χ0v) is 13.3. The van der Waals surface area contributed by atoms with Gasteiger partial charge in [-0.15, -0.1) is 0 Å². The van der Waals surface area contributed by atoms with Crippen molar-refractivity contribution in [2.75, 3.05) is 13.2 Å². The average Bonchev–Trinajstić information content (AvgIpc) is 3.05. The van der Waals surface area contributed by atoms with Gasteiger partial charge in [-0.1, -0.05) is 23.7 Å². The molecule has 1 aliphatic heterocycles. The molecule has 6 nitrogen and oxygen atoms in total. The Morgan fingerprint density at radius 3 is 2.83 bits per heavy atom. The fourth-order valence-electron chi connectivity index (χ4n) is 2.90. The summed E-state index contributed by atoms with van der Waals surface area (Å²) in [5, 5.41) is 13.0. The van der Waals surface area contributed by atoms with Gasteiger partial charge in [0.1, 0.15) is 0 Å². The van der Waals surface area contributed by atoms with E-state index in [0.29, 0.717) is 29.2 Å². The number of amides is 1. The molecule has 1 amide bonds. The van der Waals surface area contributed by atoms with E-state index in [2.05, 4.69) is 5.32 Å². The quantitative estimate of drug-likeness (QED) is 0.895. The highest BCUT2D eigenvalue weighted by molar-refractivity contribution is 6.35. The third-order valence-electron chi connectivity index (χ3n) is 4.09. The number of carbonyl (C=O) groups excluding carboxylic acids is 1. The standard InChI is InChI=1S/C16H16ClNO5/c1-9-10-3-2-4-11(17)14(10)23-13(9)15(21)18-16(7-12(19)20)5-6-22-8-16/h2-4H,5-8H2,1H3,(H,18,21)(H,19,20). The number of furan rings is 1. The Kier molecular flexibility index (Phi) is 4.04. The van der Waals surface area contributed by atoms with Crippen LogP contribution in [-0.4, -0.2) is 35.7 Å². The van der Waals surface area contributed by atoms with Gasteiger partial charge in [0.05, 0.1) is 23.6 Å². The number of fused-ring (bicyclic) bond motifs is 1. The first kappa shape index (κ1) is 15.8. The van der Waals surface area contributed by atoms with Crippen LogP contribution >= 0.6 is 11.6 Å². The van der Waals surface area contributed by atoms with E-state index in [9.17, 15) is 9.59 Å². The minimum Gasteiger partial charge on any atom is -0.481 e. The fourth-order valence-corrected chi connectivity index (χ4v) is 3.12. The first-order valence-corrected chi connectivity index (χ1v) is 7.59. The summed E-state index contributed by atoms with van der Waals surface area (Å²) in [4.78, 5) is 23.7. The van der Waals surface area contributed by atoms with Gasteiger partial charge in [0.2, 0.25) is 0 Å². The van der Waals surface area contributed by atoms with Gasteiger partial charge in [0.25, 0.3) is 5.91 Å². The smallest absolute Gasteiger partial charge is 0.305 e. The van der Waals surface area contributed by atoms with Crippen LogP contribution in [0.4, 0.5) is 0 Å². The van der Waals surface area contributed by atoms with Gasteiger partial charge in [-0.3, -0.25) is 9.59 Å². The van der Waals surface area contributed by atoms with Gasteiger partial charge < -0.3 is 19.6 Å². The number of ether oxygens (including phenoxy) is 1. The zero-order chi connectivity index (χ0) is 16.6. The number of nitrogens with one attached hydrogen (secondary N) is 1. The molecule has 1 unspecified atom stereocenters.